The Morgan fingerprint density at radius 1 is 1.67 bits per heavy atom. The van der Waals surface area contributed by atoms with Crippen molar-refractivity contribution in [3.8, 4) is 0 Å². The van der Waals surface area contributed by atoms with E-state index in [9.17, 15) is 9.59 Å². The van der Waals surface area contributed by atoms with Crippen molar-refractivity contribution in [1.82, 2.24) is 5.32 Å². The highest BCUT2D eigenvalue weighted by atomic mass is 16.6. The maximum Gasteiger partial charge on any atom is 0.408 e. The predicted octanol–water partition coefficient (Wildman–Crippen LogP) is 0.969. The third-order valence-electron chi connectivity index (χ3n) is 3.28. The number of nitrogens with one attached hydrogen (secondary N) is 1. The molecule has 0 aromatic carbocycles. The molecule has 84 valence electrons. The molecule has 2 rings (SSSR count). The number of ether oxygens (including phenoxy) is 2. The third-order valence-corrected chi connectivity index (χ3v) is 3.28. The summed E-state index contributed by atoms with van der Waals surface area (Å²) < 4.78 is 10.3. The van der Waals surface area contributed by atoms with Crippen LogP contribution < -0.4 is 5.32 Å². The molecule has 3 atom stereocenters. The normalized spacial score (nSPS) is 38.9. The van der Waals surface area contributed by atoms with E-state index in [1.807, 2.05) is 6.92 Å². The molecule has 1 N–H and O–H groups in total. The van der Waals surface area contributed by atoms with Crippen LogP contribution in [0.25, 0.3) is 0 Å². The van der Waals surface area contributed by atoms with Crippen molar-refractivity contribution >= 4 is 12.1 Å². The molecule has 0 aromatic heterocycles. The van der Waals surface area contributed by atoms with Gasteiger partial charge in [-0.05, 0) is 26.2 Å². The summed E-state index contributed by atoms with van der Waals surface area (Å²) in [4.78, 5) is 22.1. The molecule has 1 saturated carbocycles. The Morgan fingerprint density at radius 3 is 2.93 bits per heavy atom. The van der Waals surface area contributed by atoms with Crippen LogP contribution in [-0.2, 0) is 14.3 Å². The lowest BCUT2D eigenvalue weighted by atomic mass is 9.90. The fourth-order valence-corrected chi connectivity index (χ4v) is 2.56. The second kappa shape index (κ2) is 3.40. The van der Waals surface area contributed by atoms with E-state index in [-0.39, 0.29) is 18.2 Å². The Bertz CT molecular complexity index is 304. The maximum atomic E-state index is 11.2. The Kier molecular flexibility index (Phi) is 2.32. The van der Waals surface area contributed by atoms with Crippen LogP contribution in [-0.4, -0.2) is 29.8 Å². The molecular weight excluding hydrogens is 198 g/mol. The summed E-state index contributed by atoms with van der Waals surface area (Å²) in [7, 11) is 0. The molecule has 0 aromatic rings. The number of rotatable bonds is 1. The molecule has 1 aliphatic carbocycles. The summed E-state index contributed by atoms with van der Waals surface area (Å²) in [6.45, 7) is 3.22. The van der Waals surface area contributed by atoms with Crippen LogP contribution in [0.2, 0.25) is 0 Å². The topological polar surface area (TPSA) is 64.6 Å². The average Bonchev–Trinajstić information content (AvgIpc) is 2.60. The number of cyclic esters (lactones) is 1. The van der Waals surface area contributed by atoms with Gasteiger partial charge in [0.05, 0.1) is 0 Å². The molecule has 0 radical (unpaired) electrons. The van der Waals surface area contributed by atoms with E-state index < -0.39 is 11.6 Å². The van der Waals surface area contributed by atoms with Crippen molar-refractivity contribution in [2.45, 2.75) is 50.9 Å². The van der Waals surface area contributed by atoms with Crippen LogP contribution in [0.15, 0.2) is 0 Å². The minimum atomic E-state index is -0.497. The summed E-state index contributed by atoms with van der Waals surface area (Å²) in [5.41, 5.74) is -0.497. The summed E-state index contributed by atoms with van der Waals surface area (Å²) >= 11 is 0. The largest absolute Gasteiger partial charge is 0.460 e. The number of carbonyl (C=O) groups excluding carboxylic acids is 2. The summed E-state index contributed by atoms with van der Waals surface area (Å²) in [6.07, 6.45) is 1.62. The zero-order chi connectivity index (χ0) is 11.1. The van der Waals surface area contributed by atoms with E-state index >= 15 is 0 Å². The van der Waals surface area contributed by atoms with Gasteiger partial charge in [-0.3, -0.25) is 4.79 Å². The number of amides is 1. The molecule has 0 bridgehead atoms. The zero-order valence-corrected chi connectivity index (χ0v) is 8.91. The van der Waals surface area contributed by atoms with Crippen LogP contribution in [0.4, 0.5) is 4.79 Å². The Morgan fingerprint density at radius 2 is 2.40 bits per heavy atom. The Balaban J connectivity index is 2.18. The number of carbonyl (C=O) groups is 2. The van der Waals surface area contributed by atoms with Gasteiger partial charge < -0.3 is 14.8 Å². The standard InChI is InChI=1S/C10H15NO4/c1-6-10(11-9(13)14-6)5-3-4-8(10)15-7(2)12/h6,8H,3-5H2,1-2H3,(H,11,13)/t6?,8-,10+/m1/s1. The molecule has 2 aliphatic rings. The van der Waals surface area contributed by atoms with Crippen molar-refractivity contribution in [3.63, 3.8) is 0 Å². The van der Waals surface area contributed by atoms with Gasteiger partial charge in [-0.25, -0.2) is 4.79 Å². The van der Waals surface area contributed by atoms with Crippen LogP contribution in [0.5, 0.6) is 0 Å². The first-order chi connectivity index (χ1) is 7.04. The minimum absolute atomic E-state index is 0.239. The SMILES string of the molecule is CC(=O)O[C@@H]1CCC[C@@]12NC(=O)OC2C. The first-order valence-corrected chi connectivity index (χ1v) is 5.20. The second-order valence-corrected chi connectivity index (χ2v) is 4.20. The van der Waals surface area contributed by atoms with Crippen molar-refractivity contribution in [1.29, 1.82) is 0 Å². The minimum Gasteiger partial charge on any atom is -0.460 e. The van der Waals surface area contributed by atoms with E-state index in [2.05, 4.69) is 5.32 Å². The van der Waals surface area contributed by atoms with Gasteiger partial charge in [0.2, 0.25) is 0 Å². The van der Waals surface area contributed by atoms with Crippen LogP contribution in [0.1, 0.15) is 33.1 Å². The molecule has 5 nitrogen and oxygen atoms in total. The Hall–Kier alpha value is -1.26. The number of hydrogen-bond acceptors (Lipinski definition) is 4. The molecule has 1 amide bonds. The van der Waals surface area contributed by atoms with E-state index in [0.29, 0.717) is 0 Å². The van der Waals surface area contributed by atoms with Gasteiger partial charge in [-0.15, -0.1) is 0 Å². The molecule has 5 heteroatoms. The molecule has 1 unspecified atom stereocenters. The van der Waals surface area contributed by atoms with Crippen LogP contribution >= 0.6 is 0 Å². The lowest BCUT2D eigenvalue weighted by Crippen LogP contribution is -2.54. The van der Waals surface area contributed by atoms with Crippen LogP contribution in [0, 0.1) is 0 Å². The molecule has 1 saturated heterocycles. The average molecular weight is 213 g/mol. The number of esters is 1. The number of hydrogen-bond donors (Lipinski definition) is 1. The van der Waals surface area contributed by atoms with E-state index in [0.717, 1.165) is 19.3 Å². The smallest absolute Gasteiger partial charge is 0.408 e. The quantitative estimate of drug-likeness (QED) is 0.659. The molecule has 15 heavy (non-hydrogen) atoms. The monoisotopic (exact) mass is 213 g/mol. The van der Waals surface area contributed by atoms with Gasteiger partial charge in [0, 0.05) is 6.92 Å². The highest BCUT2D eigenvalue weighted by molar-refractivity contribution is 5.72. The summed E-state index contributed by atoms with van der Waals surface area (Å²) in [5.74, 6) is -0.311. The third kappa shape index (κ3) is 1.56. The van der Waals surface area contributed by atoms with Crippen molar-refractivity contribution in [3.05, 3.63) is 0 Å². The van der Waals surface area contributed by atoms with Gasteiger partial charge in [0.25, 0.3) is 0 Å². The maximum absolute atomic E-state index is 11.2. The highest BCUT2D eigenvalue weighted by Crippen LogP contribution is 2.39. The lowest BCUT2D eigenvalue weighted by molar-refractivity contribution is -0.150. The zero-order valence-electron chi connectivity index (χ0n) is 8.91. The lowest BCUT2D eigenvalue weighted by Gasteiger charge is -2.31. The van der Waals surface area contributed by atoms with E-state index in [1.165, 1.54) is 6.92 Å². The molecule has 1 aliphatic heterocycles. The van der Waals surface area contributed by atoms with Crippen LogP contribution in [0.3, 0.4) is 0 Å². The van der Waals surface area contributed by atoms with Crippen molar-refractivity contribution in [2.75, 3.05) is 0 Å². The summed E-state index contributed by atoms with van der Waals surface area (Å²) in [5, 5.41) is 2.80. The van der Waals surface area contributed by atoms with Crippen molar-refractivity contribution < 1.29 is 19.1 Å². The first kappa shape index (κ1) is 10.3. The van der Waals surface area contributed by atoms with Gasteiger partial charge in [0.15, 0.2) is 0 Å². The number of alkyl carbamates (subject to hydrolysis) is 1. The highest BCUT2D eigenvalue weighted by Gasteiger charge is 2.55. The Labute approximate surface area is 88.1 Å². The van der Waals surface area contributed by atoms with Crippen molar-refractivity contribution in [2.24, 2.45) is 0 Å². The molecular formula is C10H15NO4. The van der Waals surface area contributed by atoms with Gasteiger partial charge in [-0.2, -0.15) is 0 Å². The van der Waals surface area contributed by atoms with Gasteiger partial charge in [-0.1, -0.05) is 0 Å². The van der Waals surface area contributed by atoms with E-state index in [4.69, 9.17) is 9.47 Å². The predicted molar refractivity (Wildman–Crippen MR) is 51.2 cm³/mol. The molecule has 1 spiro atoms. The second-order valence-electron chi connectivity index (χ2n) is 4.20. The fraction of sp³-hybridized carbons (Fsp3) is 0.800. The van der Waals surface area contributed by atoms with E-state index in [1.54, 1.807) is 0 Å². The summed E-state index contributed by atoms with van der Waals surface area (Å²) in [6, 6.07) is 0. The fourth-order valence-electron chi connectivity index (χ4n) is 2.56. The first-order valence-electron chi connectivity index (χ1n) is 5.20. The van der Waals surface area contributed by atoms with Gasteiger partial charge in [0.1, 0.15) is 17.7 Å². The molecule has 1 heterocycles. The molecule has 2 fully saturated rings. The van der Waals surface area contributed by atoms with Gasteiger partial charge >= 0.3 is 12.1 Å².